The van der Waals surface area contributed by atoms with Crippen molar-refractivity contribution in [2.24, 2.45) is 0 Å². The first-order chi connectivity index (χ1) is 4.35. The van der Waals surface area contributed by atoms with Gasteiger partial charge in [0.2, 0.25) is 0 Å². The number of rotatable bonds is 4. The van der Waals surface area contributed by atoms with E-state index in [0.29, 0.717) is 6.61 Å². The van der Waals surface area contributed by atoms with Gasteiger partial charge in [0.15, 0.2) is 5.88 Å². The smallest absolute Gasteiger partial charge is 0.186 e. The molecule has 9 heavy (non-hydrogen) atoms. The largest absolute Gasteiger partial charge is 0.479 e. The third-order valence-electron chi connectivity index (χ3n) is 0.815. The Hall–Kier alpha value is -0.920. The molecule has 52 valence electrons. The number of ether oxygens (including phenoxy) is 1. The first kappa shape index (κ1) is 8.08. The lowest BCUT2D eigenvalue weighted by molar-refractivity contribution is 0.211. The highest BCUT2D eigenvalue weighted by Gasteiger charge is 1.85. The molecule has 0 spiro atoms. The summed E-state index contributed by atoms with van der Waals surface area (Å²) in [7, 11) is 1.81. The van der Waals surface area contributed by atoms with E-state index in [1.54, 1.807) is 12.2 Å². The van der Waals surface area contributed by atoms with Crippen molar-refractivity contribution in [3.63, 3.8) is 0 Å². The van der Waals surface area contributed by atoms with E-state index in [4.69, 9.17) is 4.74 Å². The van der Waals surface area contributed by atoms with Gasteiger partial charge in [-0.25, -0.2) is 0 Å². The number of allylic oxidation sites excluding steroid dienone is 2. The summed E-state index contributed by atoms with van der Waals surface area (Å²) in [6.07, 6.45) is 3.46. The Kier molecular flexibility index (Phi) is 4.69. The molecular formula is C7H13NO. The van der Waals surface area contributed by atoms with E-state index in [9.17, 15) is 0 Å². The second-order valence-electron chi connectivity index (χ2n) is 1.45. The van der Waals surface area contributed by atoms with E-state index >= 15 is 0 Å². The van der Waals surface area contributed by atoms with Crippen LogP contribution in [-0.4, -0.2) is 13.7 Å². The van der Waals surface area contributed by atoms with Crippen molar-refractivity contribution in [2.75, 3.05) is 13.7 Å². The molecule has 0 amide bonds. The van der Waals surface area contributed by atoms with Gasteiger partial charge in [-0.1, -0.05) is 12.7 Å². The number of hydrogen-bond donors (Lipinski definition) is 1. The summed E-state index contributed by atoms with van der Waals surface area (Å²) in [5.74, 6) is 0.757. The summed E-state index contributed by atoms with van der Waals surface area (Å²) in [6, 6.07) is 0. The Labute approximate surface area is 56.2 Å². The summed E-state index contributed by atoms with van der Waals surface area (Å²) >= 11 is 0. The molecule has 0 radical (unpaired) electrons. The van der Waals surface area contributed by atoms with E-state index in [0.717, 1.165) is 5.88 Å². The molecule has 0 aliphatic carbocycles. The van der Waals surface area contributed by atoms with Crippen LogP contribution in [0.2, 0.25) is 0 Å². The zero-order valence-corrected chi connectivity index (χ0v) is 5.98. The minimum Gasteiger partial charge on any atom is -0.479 e. The van der Waals surface area contributed by atoms with Crippen LogP contribution in [0.15, 0.2) is 24.6 Å². The van der Waals surface area contributed by atoms with Gasteiger partial charge in [0.05, 0.1) is 6.61 Å². The van der Waals surface area contributed by atoms with E-state index in [2.05, 4.69) is 11.9 Å². The lowest BCUT2D eigenvalue weighted by Gasteiger charge is -2.04. The van der Waals surface area contributed by atoms with Gasteiger partial charge in [-0.3, -0.25) is 0 Å². The van der Waals surface area contributed by atoms with Crippen molar-refractivity contribution >= 4 is 0 Å². The summed E-state index contributed by atoms with van der Waals surface area (Å²) < 4.78 is 5.11. The maximum Gasteiger partial charge on any atom is 0.186 e. The molecule has 0 atom stereocenters. The van der Waals surface area contributed by atoms with Crippen LogP contribution in [0.25, 0.3) is 0 Å². The van der Waals surface area contributed by atoms with Crippen molar-refractivity contribution < 1.29 is 4.74 Å². The van der Waals surface area contributed by atoms with Gasteiger partial charge in [0.25, 0.3) is 0 Å². The van der Waals surface area contributed by atoms with Crippen LogP contribution in [0.5, 0.6) is 0 Å². The molecule has 0 aromatic heterocycles. The van der Waals surface area contributed by atoms with Gasteiger partial charge in [-0.2, -0.15) is 0 Å². The molecule has 0 saturated heterocycles. The predicted octanol–water partition coefficient (Wildman–Crippen LogP) is 1.27. The molecule has 2 nitrogen and oxygen atoms in total. The highest BCUT2D eigenvalue weighted by Crippen LogP contribution is 1.89. The van der Waals surface area contributed by atoms with Gasteiger partial charge in [0, 0.05) is 7.05 Å². The van der Waals surface area contributed by atoms with Crippen LogP contribution in [-0.2, 0) is 4.74 Å². The average molecular weight is 127 g/mol. The Bertz CT molecular complexity index is 107. The monoisotopic (exact) mass is 127 g/mol. The van der Waals surface area contributed by atoms with Crippen molar-refractivity contribution in [3.8, 4) is 0 Å². The highest BCUT2D eigenvalue weighted by atomic mass is 16.5. The van der Waals surface area contributed by atoms with Gasteiger partial charge in [0.1, 0.15) is 0 Å². The fraction of sp³-hybridized carbons (Fsp3) is 0.429. The van der Waals surface area contributed by atoms with Crippen LogP contribution in [0, 0.1) is 0 Å². The minimum absolute atomic E-state index is 0.681. The van der Waals surface area contributed by atoms with Crippen molar-refractivity contribution in [3.05, 3.63) is 24.6 Å². The first-order valence-corrected chi connectivity index (χ1v) is 2.98. The molecular weight excluding hydrogens is 114 g/mol. The van der Waals surface area contributed by atoms with Gasteiger partial charge < -0.3 is 10.1 Å². The SMILES string of the molecule is C=C/C=C(\NC)OCC. The Morgan fingerprint density at radius 2 is 2.44 bits per heavy atom. The lowest BCUT2D eigenvalue weighted by Crippen LogP contribution is -2.08. The maximum atomic E-state index is 5.11. The zero-order chi connectivity index (χ0) is 7.11. The van der Waals surface area contributed by atoms with E-state index in [1.807, 2.05) is 14.0 Å². The molecule has 0 bridgehead atoms. The average Bonchev–Trinajstić information content (AvgIpc) is 1.88. The number of hydrogen-bond acceptors (Lipinski definition) is 2. The molecule has 0 rings (SSSR count). The van der Waals surface area contributed by atoms with Crippen LogP contribution in [0.3, 0.4) is 0 Å². The Morgan fingerprint density at radius 1 is 1.78 bits per heavy atom. The topological polar surface area (TPSA) is 21.3 Å². The highest BCUT2D eigenvalue weighted by molar-refractivity contribution is 5.01. The fourth-order valence-electron chi connectivity index (χ4n) is 0.466. The summed E-state index contributed by atoms with van der Waals surface area (Å²) in [4.78, 5) is 0. The molecule has 0 aliphatic rings. The molecule has 0 aromatic rings. The van der Waals surface area contributed by atoms with Crippen LogP contribution in [0.4, 0.5) is 0 Å². The normalized spacial score (nSPS) is 10.7. The molecule has 0 unspecified atom stereocenters. The zero-order valence-electron chi connectivity index (χ0n) is 5.98. The molecule has 0 aliphatic heterocycles. The molecule has 2 heteroatoms. The Morgan fingerprint density at radius 3 is 2.78 bits per heavy atom. The summed E-state index contributed by atoms with van der Waals surface area (Å²) in [6.45, 7) is 6.15. The van der Waals surface area contributed by atoms with Crippen LogP contribution >= 0.6 is 0 Å². The minimum atomic E-state index is 0.681. The van der Waals surface area contributed by atoms with Crippen molar-refractivity contribution in [1.82, 2.24) is 5.32 Å². The van der Waals surface area contributed by atoms with Crippen LogP contribution < -0.4 is 5.32 Å². The molecule has 0 saturated carbocycles. The van der Waals surface area contributed by atoms with E-state index in [-0.39, 0.29) is 0 Å². The quantitative estimate of drug-likeness (QED) is 0.453. The molecule has 0 fully saturated rings. The number of nitrogens with one attached hydrogen (secondary N) is 1. The van der Waals surface area contributed by atoms with Crippen molar-refractivity contribution in [1.29, 1.82) is 0 Å². The van der Waals surface area contributed by atoms with Gasteiger partial charge >= 0.3 is 0 Å². The standard InChI is InChI=1S/C7H13NO/c1-4-6-7(8-3)9-5-2/h4,6,8H,1,5H2,2-3H3/b7-6+. The predicted molar refractivity (Wildman–Crippen MR) is 39.0 cm³/mol. The third-order valence-corrected chi connectivity index (χ3v) is 0.815. The van der Waals surface area contributed by atoms with Gasteiger partial charge in [-0.15, -0.1) is 0 Å². The summed E-state index contributed by atoms with van der Waals surface area (Å²) in [5.41, 5.74) is 0. The third kappa shape index (κ3) is 3.64. The molecule has 0 aromatic carbocycles. The fourth-order valence-corrected chi connectivity index (χ4v) is 0.466. The second kappa shape index (κ2) is 5.22. The lowest BCUT2D eigenvalue weighted by atomic mass is 10.5. The van der Waals surface area contributed by atoms with E-state index < -0.39 is 0 Å². The van der Waals surface area contributed by atoms with Crippen molar-refractivity contribution in [2.45, 2.75) is 6.92 Å². The maximum absolute atomic E-state index is 5.11. The van der Waals surface area contributed by atoms with Crippen LogP contribution in [0.1, 0.15) is 6.92 Å². The first-order valence-electron chi connectivity index (χ1n) is 2.98. The Balaban J connectivity index is 3.66. The molecule has 1 N–H and O–H groups in total. The van der Waals surface area contributed by atoms with E-state index in [1.165, 1.54) is 0 Å². The second-order valence-corrected chi connectivity index (χ2v) is 1.45. The molecule has 0 heterocycles. The summed E-state index contributed by atoms with van der Waals surface area (Å²) in [5, 5.41) is 2.87. The van der Waals surface area contributed by atoms with Gasteiger partial charge in [-0.05, 0) is 13.0 Å².